The smallest absolute Gasteiger partial charge is 0.240 e. The second-order valence-corrected chi connectivity index (χ2v) is 6.16. The fourth-order valence-corrected chi connectivity index (χ4v) is 2.62. The first-order valence-corrected chi connectivity index (χ1v) is 7.63. The summed E-state index contributed by atoms with van der Waals surface area (Å²) in [6.07, 6.45) is 0. The van der Waals surface area contributed by atoms with Gasteiger partial charge in [-0.05, 0) is 30.3 Å². The number of nitrogens with zero attached hydrogens (tertiary/aromatic N) is 1. The van der Waals surface area contributed by atoms with Crippen LogP contribution in [0.1, 0.15) is 5.56 Å². The van der Waals surface area contributed by atoms with E-state index in [1.165, 1.54) is 12.1 Å². The van der Waals surface area contributed by atoms with Gasteiger partial charge in [0.15, 0.2) is 0 Å². The molecule has 0 saturated heterocycles. The van der Waals surface area contributed by atoms with Crippen molar-refractivity contribution in [3.8, 4) is 6.07 Å². The number of primary sulfonamides is 1. The van der Waals surface area contributed by atoms with Crippen LogP contribution in [-0.2, 0) is 10.0 Å². The van der Waals surface area contributed by atoms with Gasteiger partial charge in [-0.3, -0.25) is 0 Å². The van der Waals surface area contributed by atoms with Crippen LogP contribution in [0.4, 0.5) is 17.1 Å². The van der Waals surface area contributed by atoms with E-state index in [1.807, 2.05) is 6.07 Å². The molecular weight excluding hydrogens is 312 g/mol. The number of para-hydroxylation sites is 1. The first-order valence-electron chi connectivity index (χ1n) is 5.71. The molecule has 2 aromatic rings. The third-order valence-electron chi connectivity index (χ3n) is 2.74. The van der Waals surface area contributed by atoms with Crippen molar-refractivity contribution in [1.82, 2.24) is 0 Å². The van der Waals surface area contributed by atoms with E-state index in [-0.39, 0.29) is 10.6 Å². The maximum atomic E-state index is 11.4. The Morgan fingerprint density at radius 2 is 1.90 bits per heavy atom. The Morgan fingerprint density at radius 1 is 1.19 bits per heavy atom. The first-order chi connectivity index (χ1) is 9.82. The van der Waals surface area contributed by atoms with E-state index in [9.17, 15) is 8.42 Å². The summed E-state index contributed by atoms with van der Waals surface area (Å²) in [7, 11) is -3.93. The summed E-state index contributed by atoms with van der Waals surface area (Å²) in [5.74, 6) is 0. The summed E-state index contributed by atoms with van der Waals surface area (Å²) >= 11 is 5.89. The molecule has 2 aromatic carbocycles. The van der Waals surface area contributed by atoms with Crippen molar-refractivity contribution in [2.45, 2.75) is 4.90 Å². The molecule has 6 nitrogen and oxygen atoms in total. The van der Waals surface area contributed by atoms with Crippen LogP contribution in [0.25, 0.3) is 0 Å². The highest BCUT2D eigenvalue weighted by molar-refractivity contribution is 7.89. The van der Waals surface area contributed by atoms with Crippen LogP contribution >= 0.6 is 11.6 Å². The number of hydrogen-bond acceptors (Lipinski definition) is 5. The average molecular weight is 323 g/mol. The molecule has 0 heterocycles. The molecule has 0 aliphatic rings. The quantitative estimate of drug-likeness (QED) is 0.747. The molecule has 21 heavy (non-hydrogen) atoms. The minimum Gasteiger partial charge on any atom is -0.396 e. The van der Waals surface area contributed by atoms with Crippen LogP contribution in [0, 0.1) is 11.3 Å². The third kappa shape index (κ3) is 3.25. The monoisotopic (exact) mass is 322 g/mol. The lowest BCUT2D eigenvalue weighted by molar-refractivity contribution is 0.598. The van der Waals surface area contributed by atoms with Crippen LogP contribution in [0.2, 0.25) is 5.02 Å². The number of nitriles is 1. The summed E-state index contributed by atoms with van der Waals surface area (Å²) < 4.78 is 22.9. The van der Waals surface area contributed by atoms with Crippen molar-refractivity contribution in [2.24, 2.45) is 5.14 Å². The van der Waals surface area contributed by atoms with Gasteiger partial charge in [-0.25, -0.2) is 13.6 Å². The Kier molecular flexibility index (Phi) is 4.04. The molecule has 2 rings (SSSR count). The van der Waals surface area contributed by atoms with Crippen LogP contribution in [0.5, 0.6) is 0 Å². The Balaban J connectivity index is 2.51. The van der Waals surface area contributed by atoms with Crippen molar-refractivity contribution >= 4 is 38.7 Å². The number of nitrogen functional groups attached to an aromatic ring is 1. The molecule has 108 valence electrons. The van der Waals surface area contributed by atoms with Crippen LogP contribution in [0.3, 0.4) is 0 Å². The Hall–Kier alpha value is -2.27. The molecule has 0 bridgehead atoms. The number of hydrogen-bond donors (Lipinski definition) is 3. The highest BCUT2D eigenvalue weighted by Crippen LogP contribution is 2.30. The van der Waals surface area contributed by atoms with Crippen molar-refractivity contribution in [3.63, 3.8) is 0 Å². The van der Waals surface area contributed by atoms with E-state index in [2.05, 4.69) is 5.32 Å². The molecular formula is C13H11ClN4O2S. The Bertz CT molecular complexity index is 844. The van der Waals surface area contributed by atoms with E-state index < -0.39 is 10.0 Å². The van der Waals surface area contributed by atoms with Gasteiger partial charge in [-0.1, -0.05) is 17.7 Å². The van der Waals surface area contributed by atoms with Crippen LogP contribution < -0.4 is 16.2 Å². The third-order valence-corrected chi connectivity index (χ3v) is 3.95. The van der Waals surface area contributed by atoms with Gasteiger partial charge in [0.05, 0.1) is 22.6 Å². The van der Waals surface area contributed by atoms with Gasteiger partial charge < -0.3 is 11.1 Å². The normalized spacial score (nSPS) is 10.9. The zero-order valence-electron chi connectivity index (χ0n) is 10.7. The SMILES string of the molecule is N#Cc1ccc(Cl)cc1Nc1cccc(S(N)(=O)=O)c1N. The standard InChI is InChI=1S/C13H11ClN4O2S/c14-9-5-4-8(7-15)11(6-9)18-10-2-1-3-12(13(10)16)21(17,19)20/h1-6,18H,16H2,(H2,17,19,20). The molecule has 0 fully saturated rings. The minimum absolute atomic E-state index is 0.0242. The molecule has 0 aliphatic heterocycles. The van der Waals surface area contributed by atoms with Crippen molar-refractivity contribution in [2.75, 3.05) is 11.1 Å². The molecule has 0 atom stereocenters. The zero-order valence-corrected chi connectivity index (χ0v) is 12.2. The van der Waals surface area contributed by atoms with Gasteiger partial charge in [0, 0.05) is 5.02 Å². The van der Waals surface area contributed by atoms with E-state index in [4.69, 9.17) is 27.7 Å². The molecule has 0 unspecified atom stereocenters. The lowest BCUT2D eigenvalue weighted by atomic mass is 10.2. The topological polar surface area (TPSA) is 122 Å². The fraction of sp³-hybridized carbons (Fsp3) is 0. The number of nitrogens with two attached hydrogens (primary N) is 2. The summed E-state index contributed by atoms with van der Waals surface area (Å²) in [6, 6.07) is 11.0. The van der Waals surface area contributed by atoms with Crippen molar-refractivity contribution in [3.05, 3.63) is 47.0 Å². The highest BCUT2D eigenvalue weighted by Gasteiger charge is 2.15. The molecule has 8 heteroatoms. The number of anilines is 3. The predicted octanol–water partition coefficient (Wildman–Crippen LogP) is 2.18. The van der Waals surface area contributed by atoms with Gasteiger partial charge in [-0.15, -0.1) is 0 Å². The number of benzene rings is 2. The van der Waals surface area contributed by atoms with Crippen LogP contribution in [-0.4, -0.2) is 8.42 Å². The van der Waals surface area contributed by atoms with E-state index in [1.54, 1.807) is 24.3 Å². The molecule has 0 aromatic heterocycles. The zero-order chi connectivity index (χ0) is 15.6. The second-order valence-electron chi connectivity index (χ2n) is 4.19. The highest BCUT2D eigenvalue weighted by atomic mass is 35.5. The van der Waals surface area contributed by atoms with Gasteiger partial charge in [0.1, 0.15) is 11.0 Å². The van der Waals surface area contributed by atoms with Gasteiger partial charge in [0.2, 0.25) is 10.0 Å². The summed E-state index contributed by atoms with van der Waals surface area (Å²) in [5.41, 5.74) is 6.87. The maximum Gasteiger partial charge on any atom is 0.240 e. The number of halogens is 1. The largest absolute Gasteiger partial charge is 0.396 e. The lowest BCUT2D eigenvalue weighted by Crippen LogP contribution is -2.15. The average Bonchev–Trinajstić information content (AvgIpc) is 2.40. The van der Waals surface area contributed by atoms with Crippen molar-refractivity contribution in [1.29, 1.82) is 5.26 Å². The fourth-order valence-electron chi connectivity index (χ4n) is 1.76. The second kappa shape index (κ2) is 5.61. The molecule has 0 amide bonds. The molecule has 0 radical (unpaired) electrons. The molecule has 0 spiro atoms. The number of nitrogens with one attached hydrogen (secondary N) is 1. The minimum atomic E-state index is -3.93. The molecule has 5 N–H and O–H groups in total. The van der Waals surface area contributed by atoms with Gasteiger partial charge >= 0.3 is 0 Å². The first kappa shape index (κ1) is 15.1. The van der Waals surface area contributed by atoms with Gasteiger partial charge in [-0.2, -0.15) is 5.26 Å². The number of rotatable bonds is 3. The lowest BCUT2D eigenvalue weighted by Gasteiger charge is -2.13. The Labute approximate surface area is 127 Å². The van der Waals surface area contributed by atoms with Crippen LogP contribution in [0.15, 0.2) is 41.3 Å². The van der Waals surface area contributed by atoms with Crippen molar-refractivity contribution < 1.29 is 8.42 Å². The van der Waals surface area contributed by atoms with E-state index >= 15 is 0 Å². The van der Waals surface area contributed by atoms with E-state index in [0.29, 0.717) is 22.0 Å². The predicted molar refractivity (Wildman–Crippen MR) is 81.7 cm³/mol. The number of sulfonamides is 1. The Morgan fingerprint density at radius 3 is 2.52 bits per heavy atom. The van der Waals surface area contributed by atoms with E-state index in [0.717, 1.165) is 0 Å². The van der Waals surface area contributed by atoms with Gasteiger partial charge in [0.25, 0.3) is 0 Å². The summed E-state index contributed by atoms with van der Waals surface area (Å²) in [4.78, 5) is -0.187. The summed E-state index contributed by atoms with van der Waals surface area (Å²) in [5, 5.41) is 17.5. The molecule has 0 aliphatic carbocycles. The summed E-state index contributed by atoms with van der Waals surface area (Å²) in [6.45, 7) is 0. The molecule has 0 saturated carbocycles. The maximum absolute atomic E-state index is 11.4.